The van der Waals surface area contributed by atoms with Crippen LogP contribution in [0.3, 0.4) is 0 Å². The fourth-order valence-electron chi connectivity index (χ4n) is 3.07. The molecule has 0 saturated carbocycles. The van der Waals surface area contributed by atoms with Crippen LogP contribution in [0.15, 0.2) is 58.3 Å². The van der Waals surface area contributed by atoms with Gasteiger partial charge in [-0.2, -0.15) is 0 Å². The highest BCUT2D eigenvalue weighted by Gasteiger charge is 2.23. The van der Waals surface area contributed by atoms with Crippen molar-refractivity contribution in [2.75, 3.05) is 0 Å². The molecule has 0 amide bonds. The molecule has 0 fully saturated rings. The number of nitrogens with zero attached hydrogens (tertiary/aromatic N) is 3. The van der Waals surface area contributed by atoms with Crippen LogP contribution in [0.4, 0.5) is 0 Å². The first-order valence-electron chi connectivity index (χ1n) is 9.29. The first-order valence-corrected chi connectivity index (χ1v) is 10.9. The molecule has 0 aliphatic rings. The molecule has 3 rings (SSSR count). The Morgan fingerprint density at radius 2 is 1.80 bits per heavy atom. The van der Waals surface area contributed by atoms with E-state index in [4.69, 9.17) is 23.2 Å². The minimum absolute atomic E-state index is 0.0646. The highest BCUT2D eigenvalue weighted by molar-refractivity contribution is 8.03. The molecule has 30 heavy (non-hydrogen) atoms. The first-order chi connectivity index (χ1) is 14.2. The third-order valence-electron chi connectivity index (χ3n) is 4.45. The maximum Gasteiger partial charge on any atom is 0.201 e. The van der Waals surface area contributed by atoms with Crippen LogP contribution in [0.2, 0.25) is 10.0 Å². The number of aliphatic hydroxyl groups is 1. The van der Waals surface area contributed by atoms with Gasteiger partial charge in [-0.1, -0.05) is 55.2 Å². The highest BCUT2D eigenvalue weighted by atomic mass is 35.5. The lowest BCUT2D eigenvalue weighted by atomic mass is 10.0. The molecule has 1 heterocycles. The molecule has 1 aromatic heterocycles. The molecule has 0 saturated heterocycles. The molecule has 156 valence electrons. The summed E-state index contributed by atoms with van der Waals surface area (Å²) in [5, 5.41) is 20.1. The van der Waals surface area contributed by atoms with Gasteiger partial charge in [0, 0.05) is 10.6 Å². The molecule has 1 N–H and O–H groups in total. The van der Waals surface area contributed by atoms with Gasteiger partial charge in [0.2, 0.25) is 5.16 Å². The maximum atomic E-state index is 12.0. The third-order valence-corrected chi connectivity index (χ3v) is 6.23. The average Bonchev–Trinajstić information content (AvgIpc) is 3.08. The molecule has 5 nitrogen and oxygen atoms in total. The number of thioether (sulfide) groups is 1. The van der Waals surface area contributed by atoms with Crippen molar-refractivity contribution in [3.63, 3.8) is 0 Å². The van der Waals surface area contributed by atoms with Gasteiger partial charge in [-0.05, 0) is 61.4 Å². The zero-order valence-corrected chi connectivity index (χ0v) is 19.3. The van der Waals surface area contributed by atoms with Crippen molar-refractivity contribution in [3.8, 4) is 17.1 Å². The third kappa shape index (κ3) is 4.56. The Morgan fingerprint density at radius 1 is 1.10 bits per heavy atom. The summed E-state index contributed by atoms with van der Waals surface area (Å²) in [6, 6.07) is 13.1. The number of ketones is 1. The second-order valence-corrected chi connectivity index (χ2v) is 8.87. The van der Waals surface area contributed by atoms with E-state index in [-0.39, 0.29) is 22.4 Å². The van der Waals surface area contributed by atoms with Crippen LogP contribution in [0, 0.1) is 0 Å². The molecule has 0 bridgehead atoms. The van der Waals surface area contributed by atoms with Crippen molar-refractivity contribution in [1.29, 1.82) is 0 Å². The molecule has 0 radical (unpaired) electrons. The lowest BCUT2D eigenvalue weighted by Gasteiger charge is -2.17. The van der Waals surface area contributed by atoms with Crippen LogP contribution < -0.4 is 0 Å². The second kappa shape index (κ2) is 9.25. The average molecular weight is 462 g/mol. The zero-order valence-electron chi connectivity index (χ0n) is 17.0. The van der Waals surface area contributed by atoms with Crippen molar-refractivity contribution in [1.82, 2.24) is 14.8 Å². The number of para-hydroxylation sites is 1. The van der Waals surface area contributed by atoms with E-state index >= 15 is 0 Å². The Hall–Kier alpha value is -2.28. The fraction of sp³-hybridized carbons (Fsp3) is 0.227. The van der Waals surface area contributed by atoms with Gasteiger partial charge < -0.3 is 5.11 Å². The van der Waals surface area contributed by atoms with E-state index in [0.717, 1.165) is 23.0 Å². The summed E-state index contributed by atoms with van der Waals surface area (Å²) in [6.07, 6.45) is 0. The number of aliphatic hydroxyl groups excluding tert-OH is 1. The topological polar surface area (TPSA) is 68.0 Å². The van der Waals surface area contributed by atoms with Crippen LogP contribution in [0.5, 0.6) is 0 Å². The Labute approximate surface area is 189 Å². The molecule has 3 aromatic rings. The smallest absolute Gasteiger partial charge is 0.201 e. The van der Waals surface area contributed by atoms with Gasteiger partial charge >= 0.3 is 0 Å². The molecule has 0 aliphatic heterocycles. The van der Waals surface area contributed by atoms with Gasteiger partial charge in [0.15, 0.2) is 11.6 Å². The van der Waals surface area contributed by atoms with Gasteiger partial charge in [-0.15, -0.1) is 10.2 Å². The van der Waals surface area contributed by atoms with Gasteiger partial charge in [0.1, 0.15) is 5.76 Å². The Morgan fingerprint density at radius 3 is 2.40 bits per heavy atom. The predicted molar refractivity (Wildman–Crippen MR) is 123 cm³/mol. The van der Waals surface area contributed by atoms with Crippen LogP contribution in [-0.4, -0.2) is 25.7 Å². The normalized spacial score (nSPS) is 12.2. The number of aromatic nitrogens is 3. The summed E-state index contributed by atoms with van der Waals surface area (Å²) in [5.41, 5.74) is 2.62. The summed E-state index contributed by atoms with van der Waals surface area (Å²) in [4.78, 5) is 12.3. The predicted octanol–water partition coefficient (Wildman–Crippen LogP) is 6.84. The number of carbonyl (C=O) groups excluding carboxylic acids is 1. The monoisotopic (exact) mass is 461 g/mol. The number of allylic oxidation sites excluding steroid dienone is 2. The van der Waals surface area contributed by atoms with Crippen LogP contribution in [-0.2, 0) is 4.79 Å². The minimum Gasteiger partial charge on any atom is -0.511 e. The number of benzene rings is 2. The first kappa shape index (κ1) is 22.4. The Kier molecular flexibility index (Phi) is 6.91. The van der Waals surface area contributed by atoms with Gasteiger partial charge in [0.05, 0.1) is 15.6 Å². The number of Topliss-reactive ketones (excluding diaryl/α,β-unsaturated/α-hetero) is 1. The van der Waals surface area contributed by atoms with Crippen molar-refractivity contribution >= 4 is 40.7 Å². The second-order valence-electron chi connectivity index (χ2n) is 7.05. The molecular weight excluding hydrogens is 441 g/mol. The molecule has 0 aliphatic carbocycles. The van der Waals surface area contributed by atoms with E-state index in [1.807, 2.05) is 28.8 Å². The van der Waals surface area contributed by atoms with Crippen LogP contribution >= 0.6 is 35.0 Å². The lowest BCUT2D eigenvalue weighted by Crippen LogP contribution is -2.06. The summed E-state index contributed by atoms with van der Waals surface area (Å²) in [5.74, 6) is 0.436. The van der Waals surface area contributed by atoms with Crippen molar-refractivity contribution in [2.24, 2.45) is 0 Å². The number of halogens is 2. The summed E-state index contributed by atoms with van der Waals surface area (Å²) in [6.45, 7) is 7.08. The van der Waals surface area contributed by atoms with Crippen LogP contribution in [0.1, 0.15) is 39.2 Å². The largest absolute Gasteiger partial charge is 0.511 e. The number of hydrogen-bond donors (Lipinski definition) is 1. The lowest BCUT2D eigenvalue weighted by molar-refractivity contribution is -0.113. The van der Waals surface area contributed by atoms with Crippen molar-refractivity contribution < 1.29 is 9.90 Å². The van der Waals surface area contributed by atoms with E-state index < -0.39 is 0 Å². The Bertz CT molecular complexity index is 1140. The van der Waals surface area contributed by atoms with Crippen molar-refractivity contribution in [3.05, 3.63) is 68.7 Å². The van der Waals surface area contributed by atoms with E-state index in [2.05, 4.69) is 24.0 Å². The number of carbonyl (C=O) groups is 1. The molecule has 0 atom stereocenters. The van der Waals surface area contributed by atoms with Gasteiger partial charge in [-0.25, -0.2) is 0 Å². The molecule has 0 unspecified atom stereocenters. The number of rotatable bonds is 6. The zero-order chi connectivity index (χ0) is 22.0. The van der Waals surface area contributed by atoms with Crippen LogP contribution in [0.25, 0.3) is 17.1 Å². The fourth-order valence-corrected chi connectivity index (χ4v) is 4.39. The van der Waals surface area contributed by atoms with Gasteiger partial charge in [-0.3, -0.25) is 9.36 Å². The van der Waals surface area contributed by atoms with E-state index in [0.29, 0.717) is 26.6 Å². The molecule has 8 heteroatoms. The maximum absolute atomic E-state index is 12.0. The standard InChI is InChI=1S/C22H21Cl2N3O2S/c1-12(2)16-7-5-6-8-19(16)27-21(17-10-9-15(23)11-18(17)24)25-26-22(27)30-20(13(3)28)14(4)29/h5-12,28H,1-4H3/b20-13-. The minimum atomic E-state index is -0.252. The molecule has 0 spiro atoms. The summed E-state index contributed by atoms with van der Waals surface area (Å²) >= 11 is 13.6. The summed E-state index contributed by atoms with van der Waals surface area (Å²) < 4.78 is 1.86. The highest BCUT2D eigenvalue weighted by Crippen LogP contribution is 2.37. The number of hydrogen-bond acceptors (Lipinski definition) is 5. The SMILES string of the molecule is CC(=O)/C(Sc1nnc(-c2ccc(Cl)cc2Cl)n1-c1ccccc1C(C)C)=C(\C)O. The summed E-state index contributed by atoms with van der Waals surface area (Å²) in [7, 11) is 0. The van der Waals surface area contributed by atoms with E-state index in [1.54, 1.807) is 18.2 Å². The van der Waals surface area contributed by atoms with Crippen molar-refractivity contribution in [2.45, 2.75) is 38.8 Å². The molecular formula is C22H21Cl2N3O2S. The quantitative estimate of drug-likeness (QED) is 0.247. The molecule has 2 aromatic carbocycles. The van der Waals surface area contributed by atoms with E-state index in [1.165, 1.54) is 13.8 Å². The Balaban J connectivity index is 2.30. The van der Waals surface area contributed by atoms with E-state index in [9.17, 15) is 9.90 Å². The van der Waals surface area contributed by atoms with Gasteiger partial charge in [0.25, 0.3) is 0 Å².